The minimum absolute atomic E-state index is 0.140. The van der Waals surface area contributed by atoms with E-state index in [2.05, 4.69) is 15.4 Å². The van der Waals surface area contributed by atoms with Crippen molar-refractivity contribution in [1.29, 1.82) is 0 Å². The first kappa shape index (κ1) is 13.9. The van der Waals surface area contributed by atoms with Crippen LogP contribution in [-0.2, 0) is 0 Å². The summed E-state index contributed by atoms with van der Waals surface area (Å²) in [5.74, 6) is -1.91. The molecule has 0 saturated heterocycles. The van der Waals surface area contributed by atoms with Crippen molar-refractivity contribution in [3.63, 3.8) is 0 Å². The maximum atomic E-state index is 13.1. The van der Waals surface area contributed by atoms with Crippen molar-refractivity contribution in [2.45, 2.75) is 13.0 Å². The van der Waals surface area contributed by atoms with Crippen LogP contribution in [0.3, 0.4) is 0 Å². The molecule has 0 radical (unpaired) electrons. The molecule has 0 bridgehead atoms. The maximum absolute atomic E-state index is 13.1. The predicted octanol–water partition coefficient (Wildman–Crippen LogP) is 2.52. The summed E-state index contributed by atoms with van der Waals surface area (Å²) in [6, 6.07) is 3.33. The first-order valence-electron chi connectivity index (χ1n) is 6.22. The van der Waals surface area contributed by atoms with Crippen molar-refractivity contribution in [2.75, 3.05) is 11.9 Å². The molecule has 0 aliphatic heterocycles. The molecule has 110 valence electrons. The standard InChI is InChI=1S/C13H12F2N4OS/c1-7-6-19-13(17-7)21-12(18-19)16-5-11(20)8-2-3-9(14)10(15)4-8/h2-4,6,11,20H,5H2,1H3,(H,16,18). The van der Waals surface area contributed by atoms with E-state index in [1.807, 2.05) is 6.92 Å². The van der Waals surface area contributed by atoms with Gasteiger partial charge in [0.05, 0.1) is 18.0 Å². The number of halogens is 2. The summed E-state index contributed by atoms with van der Waals surface area (Å²) in [6.07, 6.45) is 0.834. The molecule has 2 heterocycles. The van der Waals surface area contributed by atoms with Crippen molar-refractivity contribution in [2.24, 2.45) is 0 Å². The molecule has 5 nitrogen and oxygen atoms in total. The van der Waals surface area contributed by atoms with Crippen molar-refractivity contribution in [3.05, 3.63) is 47.3 Å². The average molecular weight is 310 g/mol. The number of fused-ring (bicyclic) bond motifs is 1. The molecule has 0 amide bonds. The quantitative estimate of drug-likeness (QED) is 0.777. The normalized spacial score (nSPS) is 12.8. The summed E-state index contributed by atoms with van der Waals surface area (Å²) in [7, 11) is 0. The summed E-state index contributed by atoms with van der Waals surface area (Å²) in [6.45, 7) is 2.02. The number of hydrogen-bond acceptors (Lipinski definition) is 5. The lowest BCUT2D eigenvalue weighted by Crippen LogP contribution is -2.12. The molecule has 0 aliphatic carbocycles. The molecule has 3 aromatic rings. The topological polar surface area (TPSA) is 62.5 Å². The summed E-state index contributed by atoms with van der Waals surface area (Å²) in [5.41, 5.74) is 1.18. The Kier molecular flexibility index (Phi) is 3.56. The summed E-state index contributed by atoms with van der Waals surface area (Å²) in [4.78, 5) is 5.01. The van der Waals surface area contributed by atoms with E-state index < -0.39 is 17.7 Å². The number of nitrogens with zero attached hydrogens (tertiary/aromatic N) is 3. The number of aryl methyl sites for hydroxylation is 1. The van der Waals surface area contributed by atoms with Gasteiger partial charge in [-0.1, -0.05) is 17.4 Å². The van der Waals surface area contributed by atoms with Crippen LogP contribution in [0.2, 0.25) is 0 Å². The second kappa shape index (κ2) is 5.38. The van der Waals surface area contributed by atoms with Gasteiger partial charge in [-0.05, 0) is 24.6 Å². The molecule has 0 fully saturated rings. The van der Waals surface area contributed by atoms with Crippen molar-refractivity contribution < 1.29 is 13.9 Å². The van der Waals surface area contributed by atoms with Gasteiger partial charge < -0.3 is 10.4 Å². The number of aliphatic hydroxyl groups is 1. The molecule has 0 spiro atoms. The zero-order chi connectivity index (χ0) is 15.0. The summed E-state index contributed by atoms with van der Waals surface area (Å²) in [5, 5.41) is 17.8. The van der Waals surface area contributed by atoms with Gasteiger partial charge >= 0.3 is 0 Å². The monoisotopic (exact) mass is 310 g/mol. The lowest BCUT2D eigenvalue weighted by molar-refractivity contribution is 0.191. The highest BCUT2D eigenvalue weighted by molar-refractivity contribution is 7.20. The molecule has 2 aromatic heterocycles. The van der Waals surface area contributed by atoms with Gasteiger partial charge in [-0.3, -0.25) is 0 Å². The van der Waals surface area contributed by atoms with Crippen LogP contribution in [-0.4, -0.2) is 26.2 Å². The highest BCUT2D eigenvalue weighted by Crippen LogP contribution is 2.21. The Balaban J connectivity index is 1.68. The molecule has 2 N–H and O–H groups in total. The van der Waals surface area contributed by atoms with Crippen molar-refractivity contribution in [1.82, 2.24) is 14.6 Å². The zero-order valence-corrected chi connectivity index (χ0v) is 11.9. The number of nitrogens with one attached hydrogen (secondary N) is 1. The van der Waals surface area contributed by atoms with Gasteiger partial charge in [0.15, 0.2) is 11.6 Å². The van der Waals surface area contributed by atoms with E-state index >= 15 is 0 Å². The fourth-order valence-electron chi connectivity index (χ4n) is 1.90. The smallest absolute Gasteiger partial charge is 0.214 e. The number of aliphatic hydroxyl groups excluding tert-OH is 1. The van der Waals surface area contributed by atoms with E-state index in [-0.39, 0.29) is 6.54 Å². The van der Waals surface area contributed by atoms with Crippen LogP contribution in [0, 0.1) is 18.6 Å². The first-order valence-corrected chi connectivity index (χ1v) is 7.04. The molecule has 0 aliphatic rings. The van der Waals surface area contributed by atoms with Crippen LogP contribution in [0.4, 0.5) is 13.9 Å². The SMILES string of the molecule is Cc1cn2nc(NCC(O)c3ccc(F)c(F)c3)sc2n1. The molecular weight excluding hydrogens is 298 g/mol. The third-order valence-electron chi connectivity index (χ3n) is 2.94. The van der Waals surface area contributed by atoms with Crippen LogP contribution in [0.15, 0.2) is 24.4 Å². The molecule has 1 atom stereocenters. The first-order chi connectivity index (χ1) is 10.0. The minimum atomic E-state index is -0.977. The molecule has 1 aromatic carbocycles. The molecule has 0 saturated carbocycles. The third kappa shape index (κ3) is 2.86. The average Bonchev–Trinajstić information content (AvgIpc) is 2.96. The lowest BCUT2D eigenvalue weighted by Gasteiger charge is -2.11. The van der Waals surface area contributed by atoms with E-state index in [0.717, 1.165) is 22.8 Å². The van der Waals surface area contributed by atoms with E-state index in [1.165, 1.54) is 17.4 Å². The highest BCUT2D eigenvalue weighted by Gasteiger charge is 2.12. The Labute approximate surface area is 122 Å². The number of anilines is 1. The van der Waals surface area contributed by atoms with E-state index in [4.69, 9.17) is 0 Å². The second-order valence-corrected chi connectivity index (χ2v) is 5.54. The van der Waals surface area contributed by atoms with E-state index in [1.54, 1.807) is 10.7 Å². The van der Waals surface area contributed by atoms with Gasteiger partial charge in [-0.25, -0.2) is 18.3 Å². The van der Waals surface area contributed by atoms with E-state index in [9.17, 15) is 13.9 Å². The molecule has 21 heavy (non-hydrogen) atoms. The lowest BCUT2D eigenvalue weighted by atomic mass is 10.1. The number of aromatic nitrogens is 3. The van der Waals surface area contributed by atoms with Gasteiger partial charge in [-0.2, -0.15) is 0 Å². The maximum Gasteiger partial charge on any atom is 0.214 e. The second-order valence-electron chi connectivity index (χ2n) is 4.59. The van der Waals surface area contributed by atoms with Crippen LogP contribution in [0.25, 0.3) is 4.96 Å². The van der Waals surface area contributed by atoms with Crippen LogP contribution in [0.5, 0.6) is 0 Å². The third-order valence-corrected chi connectivity index (χ3v) is 3.82. The van der Waals surface area contributed by atoms with Gasteiger partial charge in [0.1, 0.15) is 0 Å². The largest absolute Gasteiger partial charge is 0.387 e. The number of benzene rings is 1. The number of imidazole rings is 1. The zero-order valence-electron chi connectivity index (χ0n) is 11.0. The Morgan fingerprint density at radius 1 is 1.38 bits per heavy atom. The molecular formula is C13H12F2N4OS. The summed E-state index contributed by atoms with van der Waals surface area (Å²) >= 11 is 1.35. The van der Waals surface area contributed by atoms with Gasteiger partial charge in [0, 0.05) is 6.54 Å². The Bertz CT molecular complexity index is 754. The fourth-order valence-corrected chi connectivity index (χ4v) is 2.74. The Morgan fingerprint density at radius 3 is 2.90 bits per heavy atom. The van der Waals surface area contributed by atoms with Gasteiger partial charge in [0.2, 0.25) is 10.1 Å². The Hall–Kier alpha value is -2.06. The van der Waals surface area contributed by atoms with Crippen LogP contribution >= 0.6 is 11.3 Å². The van der Waals surface area contributed by atoms with Gasteiger partial charge in [-0.15, -0.1) is 5.10 Å². The summed E-state index contributed by atoms with van der Waals surface area (Å²) < 4.78 is 27.6. The molecule has 3 rings (SSSR count). The van der Waals surface area contributed by atoms with Crippen molar-refractivity contribution in [3.8, 4) is 0 Å². The molecule has 1 unspecified atom stereocenters. The molecule has 8 heteroatoms. The number of rotatable bonds is 4. The predicted molar refractivity (Wildman–Crippen MR) is 75.4 cm³/mol. The number of hydrogen-bond donors (Lipinski definition) is 2. The van der Waals surface area contributed by atoms with Crippen LogP contribution < -0.4 is 5.32 Å². The highest BCUT2D eigenvalue weighted by atomic mass is 32.1. The van der Waals surface area contributed by atoms with E-state index in [0.29, 0.717) is 10.7 Å². The van der Waals surface area contributed by atoms with Gasteiger partial charge in [0.25, 0.3) is 0 Å². The van der Waals surface area contributed by atoms with Crippen molar-refractivity contribution >= 4 is 21.4 Å². The van der Waals surface area contributed by atoms with Crippen LogP contribution in [0.1, 0.15) is 17.4 Å². The fraction of sp³-hybridized carbons (Fsp3) is 0.231. The Morgan fingerprint density at radius 2 is 2.19 bits per heavy atom. The minimum Gasteiger partial charge on any atom is -0.387 e.